The van der Waals surface area contributed by atoms with E-state index in [4.69, 9.17) is 38.4 Å². The summed E-state index contributed by atoms with van der Waals surface area (Å²) in [6, 6.07) is 10.3. The van der Waals surface area contributed by atoms with Crippen molar-refractivity contribution in [3.05, 3.63) is 57.6 Å². The Balaban J connectivity index is 2.44. The van der Waals surface area contributed by atoms with E-state index in [1.807, 2.05) is 18.2 Å². The van der Waals surface area contributed by atoms with Crippen LogP contribution in [0.15, 0.2) is 36.4 Å². The maximum atomic E-state index is 6.29. The van der Waals surface area contributed by atoms with Crippen molar-refractivity contribution < 1.29 is 9.47 Å². The minimum Gasteiger partial charge on any atom is -0.497 e. The van der Waals surface area contributed by atoms with Crippen LogP contribution in [0.2, 0.25) is 10.0 Å². The Morgan fingerprint density at radius 2 is 1.65 bits per heavy atom. The first-order valence-corrected chi connectivity index (χ1v) is 6.75. The largest absolute Gasteiger partial charge is 0.497 e. The van der Waals surface area contributed by atoms with Gasteiger partial charge in [0, 0.05) is 21.7 Å². The molecular weight excluding hydrogens is 297 g/mol. The normalized spacial score (nSPS) is 12.1. The summed E-state index contributed by atoms with van der Waals surface area (Å²) < 4.78 is 10.5. The minimum absolute atomic E-state index is 0.402. The molecule has 20 heavy (non-hydrogen) atoms. The van der Waals surface area contributed by atoms with Crippen molar-refractivity contribution in [1.82, 2.24) is 0 Å². The monoisotopic (exact) mass is 311 g/mol. The maximum absolute atomic E-state index is 6.29. The van der Waals surface area contributed by atoms with E-state index in [1.54, 1.807) is 32.4 Å². The molecule has 0 bridgehead atoms. The van der Waals surface area contributed by atoms with Crippen LogP contribution in [0.3, 0.4) is 0 Å². The third-order valence-corrected chi connectivity index (χ3v) is 3.64. The molecule has 0 aromatic heterocycles. The average Bonchev–Trinajstić information content (AvgIpc) is 2.46. The number of benzene rings is 2. The molecule has 5 heteroatoms. The highest BCUT2D eigenvalue weighted by atomic mass is 35.5. The third-order valence-electron chi connectivity index (χ3n) is 3.07. The van der Waals surface area contributed by atoms with Crippen LogP contribution < -0.4 is 15.2 Å². The molecule has 0 saturated carbocycles. The van der Waals surface area contributed by atoms with E-state index < -0.39 is 6.04 Å². The van der Waals surface area contributed by atoms with Gasteiger partial charge in [0.05, 0.1) is 20.3 Å². The second kappa shape index (κ2) is 6.35. The Labute approximate surface area is 128 Å². The summed E-state index contributed by atoms with van der Waals surface area (Å²) >= 11 is 12.1. The van der Waals surface area contributed by atoms with Gasteiger partial charge in [0.1, 0.15) is 11.5 Å². The van der Waals surface area contributed by atoms with Gasteiger partial charge in [-0.3, -0.25) is 0 Å². The Hall–Kier alpha value is -1.42. The fraction of sp³-hybridized carbons (Fsp3) is 0.200. The Morgan fingerprint density at radius 1 is 0.950 bits per heavy atom. The van der Waals surface area contributed by atoms with Gasteiger partial charge in [0.2, 0.25) is 0 Å². The summed E-state index contributed by atoms with van der Waals surface area (Å²) in [4.78, 5) is 0. The lowest BCUT2D eigenvalue weighted by molar-refractivity contribution is 0.390. The zero-order valence-corrected chi connectivity index (χ0v) is 12.7. The topological polar surface area (TPSA) is 44.5 Å². The summed E-state index contributed by atoms with van der Waals surface area (Å²) in [5.74, 6) is 1.36. The van der Waals surface area contributed by atoms with Crippen molar-refractivity contribution in [2.75, 3.05) is 14.2 Å². The molecule has 0 radical (unpaired) electrons. The van der Waals surface area contributed by atoms with Gasteiger partial charge in [0.15, 0.2) is 0 Å². The van der Waals surface area contributed by atoms with Gasteiger partial charge < -0.3 is 15.2 Å². The molecule has 0 aliphatic carbocycles. The van der Waals surface area contributed by atoms with E-state index in [2.05, 4.69) is 0 Å². The van der Waals surface area contributed by atoms with E-state index in [0.29, 0.717) is 21.5 Å². The minimum atomic E-state index is -0.402. The molecule has 0 aliphatic heterocycles. The second-order valence-electron chi connectivity index (χ2n) is 4.25. The molecule has 1 atom stereocenters. The van der Waals surface area contributed by atoms with E-state index in [-0.39, 0.29) is 0 Å². The number of methoxy groups -OCH3 is 2. The van der Waals surface area contributed by atoms with Crippen molar-refractivity contribution in [2.45, 2.75) is 6.04 Å². The molecule has 2 N–H and O–H groups in total. The Bertz CT molecular complexity index is 617. The van der Waals surface area contributed by atoms with Gasteiger partial charge in [-0.25, -0.2) is 0 Å². The van der Waals surface area contributed by atoms with Gasteiger partial charge in [-0.2, -0.15) is 0 Å². The number of ether oxygens (including phenoxy) is 2. The Morgan fingerprint density at radius 3 is 2.25 bits per heavy atom. The number of halogens is 2. The number of hydrogen-bond donors (Lipinski definition) is 1. The summed E-state index contributed by atoms with van der Waals surface area (Å²) in [5, 5.41) is 1.11. The summed E-state index contributed by atoms with van der Waals surface area (Å²) in [5.41, 5.74) is 7.91. The highest BCUT2D eigenvalue weighted by molar-refractivity contribution is 6.35. The molecule has 0 fully saturated rings. The third kappa shape index (κ3) is 3.01. The van der Waals surface area contributed by atoms with Crippen LogP contribution >= 0.6 is 23.2 Å². The van der Waals surface area contributed by atoms with Gasteiger partial charge in [-0.15, -0.1) is 0 Å². The van der Waals surface area contributed by atoms with E-state index in [9.17, 15) is 0 Å². The smallest absolute Gasteiger partial charge is 0.127 e. The van der Waals surface area contributed by atoms with E-state index in [1.165, 1.54) is 0 Å². The van der Waals surface area contributed by atoms with Crippen molar-refractivity contribution >= 4 is 23.2 Å². The van der Waals surface area contributed by atoms with Crippen molar-refractivity contribution in [3.63, 3.8) is 0 Å². The summed E-state index contributed by atoms with van der Waals surface area (Å²) in [7, 11) is 3.19. The van der Waals surface area contributed by atoms with Crippen LogP contribution in [-0.4, -0.2) is 14.2 Å². The standard InChI is InChI=1S/C15H15Cl2NO2/c1-19-10-4-6-12(14(8-10)20-2)15(18)11-5-3-9(16)7-13(11)17/h3-8,15H,18H2,1-2H3. The first-order valence-electron chi connectivity index (χ1n) is 5.99. The molecule has 0 heterocycles. The Kier molecular flexibility index (Phi) is 4.76. The fourth-order valence-electron chi connectivity index (χ4n) is 2.00. The molecule has 0 spiro atoms. The van der Waals surface area contributed by atoms with Crippen LogP contribution in [0.25, 0.3) is 0 Å². The predicted octanol–water partition coefficient (Wildman–Crippen LogP) is 4.06. The lowest BCUT2D eigenvalue weighted by Crippen LogP contribution is -2.13. The lowest BCUT2D eigenvalue weighted by Gasteiger charge is -2.18. The number of nitrogens with two attached hydrogens (primary N) is 1. The van der Waals surface area contributed by atoms with E-state index in [0.717, 1.165) is 11.1 Å². The second-order valence-corrected chi connectivity index (χ2v) is 5.10. The molecule has 2 aromatic carbocycles. The first-order chi connectivity index (χ1) is 9.56. The van der Waals surface area contributed by atoms with Gasteiger partial charge >= 0.3 is 0 Å². The van der Waals surface area contributed by atoms with Crippen LogP contribution in [0.4, 0.5) is 0 Å². The first kappa shape index (κ1) is 15.0. The average molecular weight is 312 g/mol. The zero-order valence-electron chi connectivity index (χ0n) is 11.2. The summed E-state index contributed by atoms with van der Waals surface area (Å²) in [6.45, 7) is 0. The number of rotatable bonds is 4. The highest BCUT2D eigenvalue weighted by Crippen LogP contribution is 2.35. The quantitative estimate of drug-likeness (QED) is 0.926. The molecule has 3 nitrogen and oxygen atoms in total. The molecular formula is C15H15Cl2NO2. The molecule has 1 unspecified atom stereocenters. The SMILES string of the molecule is COc1ccc(C(N)c2ccc(Cl)cc2Cl)c(OC)c1. The van der Waals surface area contributed by atoms with Crippen LogP contribution in [0.1, 0.15) is 17.2 Å². The maximum Gasteiger partial charge on any atom is 0.127 e. The molecule has 2 aromatic rings. The molecule has 2 rings (SSSR count). The molecule has 0 saturated heterocycles. The van der Waals surface area contributed by atoms with Gasteiger partial charge in [0.25, 0.3) is 0 Å². The highest BCUT2D eigenvalue weighted by Gasteiger charge is 2.17. The van der Waals surface area contributed by atoms with Gasteiger partial charge in [-0.05, 0) is 29.8 Å². The van der Waals surface area contributed by atoms with Crippen LogP contribution in [0.5, 0.6) is 11.5 Å². The predicted molar refractivity (Wildman–Crippen MR) is 82.0 cm³/mol. The molecule has 0 aliphatic rings. The fourth-order valence-corrected chi connectivity index (χ4v) is 2.52. The van der Waals surface area contributed by atoms with Gasteiger partial charge in [-0.1, -0.05) is 29.3 Å². The van der Waals surface area contributed by atoms with Crippen LogP contribution in [-0.2, 0) is 0 Å². The molecule has 0 amide bonds. The van der Waals surface area contributed by atoms with Crippen molar-refractivity contribution in [2.24, 2.45) is 5.73 Å². The van der Waals surface area contributed by atoms with Crippen LogP contribution in [0, 0.1) is 0 Å². The number of hydrogen-bond acceptors (Lipinski definition) is 3. The lowest BCUT2D eigenvalue weighted by atomic mass is 9.98. The van der Waals surface area contributed by atoms with E-state index >= 15 is 0 Å². The summed E-state index contributed by atoms with van der Waals surface area (Å²) in [6.07, 6.45) is 0. The van der Waals surface area contributed by atoms with Crippen molar-refractivity contribution in [3.8, 4) is 11.5 Å². The van der Waals surface area contributed by atoms with Crippen molar-refractivity contribution in [1.29, 1.82) is 0 Å². The molecule has 106 valence electrons. The zero-order chi connectivity index (χ0) is 14.7.